The second-order valence-corrected chi connectivity index (χ2v) is 7.10. The van der Waals surface area contributed by atoms with Gasteiger partial charge in [-0.25, -0.2) is 5.14 Å². The van der Waals surface area contributed by atoms with Crippen molar-refractivity contribution < 1.29 is 22.1 Å². The maximum absolute atomic E-state index is 10.9. The van der Waals surface area contributed by atoms with Crippen LogP contribution in [-0.4, -0.2) is 26.9 Å². The fraction of sp³-hybridized carbons (Fsp3) is 0.500. The molecule has 0 spiro atoms. The summed E-state index contributed by atoms with van der Waals surface area (Å²) in [6, 6.07) is 4.93. The molecule has 0 radical (unpaired) electrons. The van der Waals surface area contributed by atoms with Gasteiger partial charge in [-0.1, -0.05) is 29.3 Å². The normalized spacial score (nSPS) is 25.2. The second-order valence-electron chi connectivity index (χ2n) is 5.04. The Morgan fingerprint density at radius 2 is 2.00 bits per heavy atom. The lowest BCUT2D eigenvalue weighted by Gasteiger charge is -2.18. The molecule has 0 amide bonds. The Labute approximate surface area is 133 Å². The van der Waals surface area contributed by atoms with Crippen LogP contribution >= 0.6 is 23.2 Å². The summed E-state index contributed by atoms with van der Waals surface area (Å²) >= 11 is 12.0. The van der Waals surface area contributed by atoms with Gasteiger partial charge >= 0.3 is 10.3 Å². The summed E-state index contributed by atoms with van der Waals surface area (Å²) in [5.74, 6) is -0.903. The highest BCUT2D eigenvalue weighted by atomic mass is 35.5. The van der Waals surface area contributed by atoms with Gasteiger partial charge in [-0.15, -0.1) is 0 Å². The van der Waals surface area contributed by atoms with Crippen LogP contribution in [0.5, 0.6) is 0 Å². The first-order valence-corrected chi connectivity index (χ1v) is 8.28. The molecule has 1 heterocycles. The average Bonchev–Trinajstić information content (AvgIpc) is 2.61. The van der Waals surface area contributed by atoms with Crippen LogP contribution in [0.15, 0.2) is 18.2 Å². The number of rotatable bonds is 4. The van der Waals surface area contributed by atoms with E-state index in [1.54, 1.807) is 32.0 Å². The highest BCUT2D eigenvalue weighted by molar-refractivity contribution is 7.84. The molecule has 1 saturated heterocycles. The Kier molecular flexibility index (Phi) is 4.84. The predicted molar refractivity (Wildman–Crippen MR) is 78.3 cm³/mol. The Morgan fingerprint density at radius 3 is 2.57 bits per heavy atom. The SMILES string of the molecule is CC1(C)OC(COS(N)(=O)=O)C(c2ccc(Cl)cc2Cl)O1. The summed E-state index contributed by atoms with van der Waals surface area (Å²) in [4.78, 5) is 0. The number of hydrogen-bond donors (Lipinski definition) is 1. The molecule has 0 bridgehead atoms. The van der Waals surface area contributed by atoms with Crippen LogP contribution in [0.4, 0.5) is 0 Å². The highest BCUT2D eigenvalue weighted by Crippen LogP contribution is 2.41. The standard InChI is InChI=1S/C12H15Cl2NO5S/c1-12(2)19-10(6-18-21(15,16)17)11(20-12)8-4-3-7(13)5-9(8)14/h3-5,10-11H,6H2,1-2H3,(H2,15,16,17). The molecule has 21 heavy (non-hydrogen) atoms. The summed E-state index contributed by atoms with van der Waals surface area (Å²) in [6.07, 6.45) is -1.26. The topological polar surface area (TPSA) is 87.9 Å². The van der Waals surface area contributed by atoms with Gasteiger partial charge in [0.25, 0.3) is 0 Å². The molecule has 118 valence electrons. The van der Waals surface area contributed by atoms with Gasteiger partial charge in [0, 0.05) is 15.6 Å². The molecule has 2 atom stereocenters. The molecule has 0 saturated carbocycles. The first-order valence-electron chi connectivity index (χ1n) is 6.05. The lowest BCUT2D eigenvalue weighted by Crippen LogP contribution is -2.28. The largest absolute Gasteiger partial charge is 0.342 e. The van der Waals surface area contributed by atoms with E-state index < -0.39 is 28.3 Å². The summed E-state index contributed by atoms with van der Waals surface area (Å²) in [5.41, 5.74) is 0.634. The predicted octanol–water partition coefficient (Wildman–Crippen LogP) is 2.41. The van der Waals surface area contributed by atoms with E-state index in [0.29, 0.717) is 15.6 Å². The van der Waals surface area contributed by atoms with Crippen molar-refractivity contribution in [3.63, 3.8) is 0 Å². The molecule has 0 aromatic heterocycles. The van der Waals surface area contributed by atoms with Crippen molar-refractivity contribution in [1.82, 2.24) is 0 Å². The van der Waals surface area contributed by atoms with Crippen LogP contribution in [0, 0.1) is 0 Å². The fourth-order valence-electron chi connectivity index (χ4n) is 2.12. The summed E-state index contributed by atoms with van der Waals surface area (Å²) in [5, 5.41) is 5.71. The quantitative estimate of drug-likeness (QED) is 0.895. The third-order valence-electron chi connectivity index (χ3n) is 2.85. The molecule has 1 fully saturated rings. The molecule has 0 aliphatic carbocycles. The molecule has 2 rings (SSSR count). The van der Waals surface area contributed by atoms with Gasteiger partial charge in [0.1, 0.15) is 12.2 Å². The minimum absolute atomic E-state index is 0.272. The van der Waals surface area contributed by atoms with Gasteiger partial charge < -0.3 is 9.47 Å². The molecular weight excluding hydrogens is 341 g/mol. The Hall–Kier alpha value is -0.410. The molecule has 1 aliphatic heterocycles. The van der Waals surface area contributed by atoms with Crippen molar-refractivity contribution in [3.05, 3.63) is 33.8 Å². The van der Waals surface area contributed by atoms with Crippen LogP contribution in [0.3, 0.4) is 0 Å². The van der Waals surface area contributed by atoms with E-state index in [-0.39, 0.29) is 6.61 Å². The molecular formula is C12H15Cl2NO5S. The van der Waals surface area contributed by atoms with Gasteiger partial charge in [0.2, 0.25) is 0 Å². The Bertz CT molecular complexity index is 635. The van der Waals surface area contributed by atoms with Crippen molar-refractivity contribution in [3.8, 4) is 0 Å². The second kappa shape index (κ2) is 6.00. The van der Waals surface area contributed by atoms with E-state index in [1.165, 1.54) is 0 Å². The third-order valence-corrected chi connectivity index (χ3v) is 3.88. The number of halogens is 2. The van der Waals surface area contributed by atoms with Crippen LogP contribution in [0.1, 0.15) is 25.5 Å². The van der Waals surface area contributed by atoms with Gasteiger partial charge in [0.05, 0.1) is 6.61 Å². The molecule has 1 aliphatic rings. The fourth-order valence-corrected chi connectivity index (χ4v) is 2.95. The summed E-state index contributed by atoms with van der Waals surface area (Å²) in [6.45, 7) is 3.15. The zero-order valence-corrected chi connectivity index (χ0v) is 13.7. The zero-order chi connectivity index (χ0) is 15.8. The van der Waals surface area contributed by atoms with E-state index >= 15 is 0 Å². The summed E-state index contributed by atoms with van der Waals surface area (Å²) in [7, 11) is -4.06. The molecule has 2 unspecified atom stereocenters. The van der Waals surface area contributed by atoms with Crippen molar-refractivity contribution in [2.75, 3.05) is 6.61 Å². The molecule has 6 nitrogen and oxygen atoms in total. The zero-order valence-electron chi connectivity index (χ0n) is 11.4. The number of hydrogen-bond acceptors (Lipinski definition) is 5. The van der Waals surface area contributed by atoms with Crippen molar-refractivity contribution in [2.45, 2.75) is 31.8 Å². The van der Waals surface area contributed by atoms with Gasteiger partial charge in [-0.3, -0.25) is 4.18 Å². The monoisotopic (exact) mass is 355 g/mol. The Morgan fingerprint density at radius 1 is 1.33 bits per heavy atom. The van der Waals surface area contributed by atoms with Crippen LogP contribution in [0.2, 0.25) is 10.0 Å². The minimum atomic E-state index is -4.06. The maximum Gasteiger partial charge on any atom is 0.333 e. The third kappa shape index (κ3) is 4.53. The van der Waals surface area contributed by atoms with Crippen molar-refractivity contribution >= 4 is 33.5 Å². The van der Waals surface area contributed by atoms with Crippen molar-refractivity contribution in [1.29, 1.82) is 0 Å². The van der Waals surface area contributed by atoms with Crippen LogP contribution < -0.4 is 5.14 Å². The first kappa shape index (κ1) is 17.0. The molecule has 1 aromatic carbocycles. The summed E-state index contributed by atoms with van der Waals surface area (Å²) < 4.78 is 37.8. The van der Waals surface area contributed by atoms with Crippen LogP contribution in [0.25, 0.3) is 0 Å². The van der Waals surface area contributed by atoms with E-state index in [4.69, 9.17) is 37.8 Å². The number of ether oxygens (including phenoxy) is 2. The molecule has 9 heteroatoms. The molecule has 2 N–H and O–H groups in total. The van der Waals surface area contributed by atoms with Gasteiger partial charge in [-0.05, 0) is 26.0 Å². The van der Waals surface area contributed by atoms with Gasteiger partial charge in [-0.2, -0.15) is 8.42 Å². The lowest BCUT2D eigenvalue weighted by atomic mass is 10.1. The van der Waals surface area contributed by atoms with E-state index in [1.807, 2.05) is 0 Å². The van der Waals surface area contributed by atoms with E-state index in [9.17, 15) is 8.42 Å². The highest BCUT2D eigenvalue weighted by Gasteiger charge is 2.43. The van der Waals surface area contributed by atoms with E-state index in [2.05, 4.69) is 4.18 Å². The van der Waals surface area contributed by atoms with E-state index in [0.717, 1.165) is 0 Å². The van der Waals surface area contributed by atoms with Crippen molar-refractivity contribution in [2.24, 2.45) is 5.14 Å². The molecule has 1 aromatic rings. The minimum Gasteiger partial charge on any atom is -0.342 e. The average molecular weight is 356 g/mol. The first-order chi connectivity index (χ1) is 9.57. The number of nitrogens with two attached hydrogens (primary N) is 1. The Balaban J connectivity index is 2.25. The number of benzene rings is 1. The lowest BCUT2D eigenvalue weighted by molar-refractivity contribution is -0.148. The maximum atomic E-state index is 10.9. The van der Waals surface area contributed by atoms with Gasteiger partial charge in [0.15, 0.2) is 5.79 Å². The smallest absolute Gasteiger partial charge is 0.333 e. The van der Waals surface area contributed by atoms with Crippen LogP contribution in [-0.2, 0) is 24.0 Å².